The second kappa shape index (κ2) is 8.15. The third-order valence-electron chi connectivity index (χ3n) is 4.42. The molecule has 134 valence electrons. The summed E-state index contributed by atoms with van der Waals surface area (Å²) in [4.78, 5) is 24.6. The van der Waals surface area contributed by atoms with Crippen LogP contribution >= 0.6 is 11.3 Å². The number of Topliss-reactive ketones (excluding diaryl/α,β-unsaturated/α-hetero) is 1. The average molecular weight is 367 g/mol. The maximum absolute atomic E-state index is 12.6. The van der Waals surface area contributed by atoms with Gasteiger partial charge in [-0.15, -0.1) is 11.3 Å². The van der Waals surface area contributed by atoms with Gasteiger partial charge in [0.1, 0.15) is 12.0 Å². The molecule has 0 aliphatic heterocycles. The van der Waals surface area contributed by atoms with Crippen molar-refractivity contribution in [2.24, 2.45) is 0 Å². The first-order valence-corrected chi connectivity index (χ1v) is 9.37. The van der Waals surface area contributed by atoms with Crippen LogP contribution in [0.5, 0.6) is 5.75 Å². The molecule has 0 aliphatic carbocycles. The highest BCUT2D eigenvalue weighted by Crippen LogP contribution is 2.19. The highest BCUT2D eigenvalue weighted by atomic mass is 32.1. The summed E-state index contributed by atoms with van der Waals surface area (Å²) in [7, 11) is 0. The summed E-state index contributed by atoms with van der Waals surface area (Å²) < 4.78 is 7.76. The first-order valence-electron chi connectivity index (χ1n) is 8.49. The van der Waals surface area contributed by atoms with Crippen LogP contribution in [0.25, 0.3) is 0 Å². The number of nitrogens with zero attached hydrogens (tertiary/aromatic N) is 1. The minimum Gasteiger partial charge on any atom is -0.485 e. The van der Waals surface area contributed by atoms with E-state index in [0.29, 0.717) is 16.9 Å². The number of thiophene rings is 1. The van der Waals surface area contributed by atoms with Crippen molar-refractivity contribution in [1.29, 1.82) is 0 Å². The summed E-state index contributed by atoms with van der Waals surface area (Å²) in [6, 6.07) is 12.9. The van der Waals surface area contributed by atoms with E-state index in [1.165, 1.54) is 4.88 Å². The highest BCUT2D eigenvalue weighted by Gasteiger charge is 2.16. The van der Waals surface area contributed by atoms with Crippen molar-refractivity contribution in [1.82, 2.24) is 4.57 Å². The maximum atomic E-state index is 12.6. The third-order valence-corrected chi connectivity index (χ3v) is 5.36. The van der Waals surface area contributed by atoms with Gasteiger partial charge in [-0.05, 0) is 62.0 Å². The van der Waals surface area contributed by atoms with Gasteiger partial charge in [-0.3, -0.25) is 9.59 Å². The first-order chi connectivity index (χ1) is 12.6. The molecule has 0 radical (unpaired) electrons. The molecule has 26 heavy (non-hydrogen) atoms. The SMILES string of the molecule is Cc1cc(C(=O)COc2ccc(C=O)cc2)c(C)n1CCc1cccs1. The van der Waals surface area contributed by atoms with Crippen molar-refractivity contribution in [3.8, 4) is 5.75 Å². The zero-order chi connectivity index (χ0) is 18.5. The molecule has 2 aromatic heterocycles. The van der Waals surface area contributed by atoms with E-state index in [0.717, 1.165) is 30.6 Å². The van der Waals surface area contributed by atoms with Crippen molar-refractivity contribution in [3.63, 3.8) is 0 Å². The lowest BCUT2D eigenvalue weighted by atomic mass is 10.1. The number of benzene rings is 1. The minimum absolute atomic E-state index is 0.0182. The predicted molar refractivity (Wildman–Crippen MR) is 104 cm³/mol. The Morgan fingerprint density at radius 2 is 1.96 bits per heavy atom. The Hall–Kier alpha value is -2.66. The molecule has 0 saturated heterocycles. The Morgan fingerprint density at radius 1 is 1.19 bits per heavy atom. The van der Waals surface area contributed by atoms with Gasteiger partial charge in [-0.25, -0.2) is 0 Å². The second-order valence-electron chi connectivity index (χ2n) is 6.16. The molecule has 5 heteroatoms. The van der Waals surface area contributed by atoms with Crippen LogP contribution in [0, 0.1) is 13.8 Å². The molecule has 3 aromatic rings. The molecule has 1 aromatic carbocycles. The lowest BCUT2D eigenvalue weighted by Gasteiger charge is -2.09. The summed E-state index contributed by atoms with van der Waals surface area (Å²) in [6.07, 6.45) is 1.74. The third kappa shape index (κ3) is 4.11. The first kappa shape index (κ1) is 18.1. The van der Waals surface area contributed by atoms with Gasteiger partial charge in [0.05, 0.1) is 0 Å². The van der Waals surface area contributed by atoms with Gasteiger partial charge in [-0.1, -0.05) is 6.07 Å². The number of rotatable bonds is 8. The lowest BCUT2D eigenvalue weighted by Crippen LogP contribution is -2.13. The van der Waals surface area contributed by atoms with Crippen LogP contribution in [0.4, 0.5) is 0 Å². The Bertz CT molecular complexity index is 892. The molecule has 0 N–H and O–H groups in total. The molecule has 0 unspecified atom stereocenters. The molecule has 0 aliphatic rings. The van der Waals surface area contributed by atoms with Gasteiger partial charge in [0.2, 0.25) is 5.78 Å². The van der Waals surface area contributed by atoms with Gasteiger partial charge in [0, 0.05) is 33.9 Å². The molecule has 4 nitrogen and oxygen atoms in total. The average Bonchev–Trinajstić information content (AvgIpc) is 3.27. The predicted octanol–water partition coefficient (Wildman–Crippen LogP) is 4.48. The summed E-state index contributed by atoms with van der Waals surface area (Å²) >= 11 is 1.75. The topological polar surface area (TPSA) is 48.3 Å². The Balaban J connectivity index is 1.65. The number of carbonyl (C=O) groups excluding carboxylic acids is 2. The van der Waals surface area contributed by atoms with E-state index < -0.39 is 0 Å². The smallest absolute Gasteiger partial charge is 0.202 e. The van der Waals surface area contributed by atoms with E-state index in [9.17, 15) is 9.59 Å². The van der Waals surface area contributed by atoms with Crippen LogP contribution in [0.15, 0.2) is 47.8 Å². The monoisotopic (exact) mass is 367 g/mol. The summed E-state index contributed by atoms with van der Waals surface area (Å²) in [5.41, 5.74) is 3.35. The van der Waals surface area contributed by atoms with E-state index >= 15 is 0 Å². The van der Waals surface area contributed by atoms with Crippen molar-refractivity contribution >= 4 is 23.4 Å². The van der Waals surface area contributed by atoms with Gasteiger partial charge in [0.25, 0.3) is 0 Å². The number of hydrogen-bond acceptors (Lipinski definition) is 4. The number of aromatic nitrogens is 1. The van der Waals surface area contributed by atoms with Gasteiger partial charge in [-0.2, -0.15) is 0 Å². The van der Waals surface area contributed by atoms with Crippen LogP contribution in [0.2, 0.25) is 0 Å². The number of ketones is 1. The molecule has 0 fully saturated rings. The van der Waals surface area contributed by atoms with E-state index in [1.807, 2.05) is 19.9 Å². The summed E-state index contributed by atoms with van der Waals surface area (Å²) in [5, 5.41) is 2.08. The molecule has 0 amide bonds. The number of hydrogen-bond donors (Lipinski definition) is 0. The lowest BCUT2D eigenvalue weighted by molar-refractivity contribution is 0.0920. The van der Waals surface area contributed by atoms with Crippen LogP contribution in [-0.2, 0) is 13.0 Å². The van der Waals surface area contributed by atoms with Crippen LogP contribution in [0.3, 0.4) is 0 Å². The number of ether oxygens (including phenoxy) is 1. The van der Waals surface area contributed by atoms with Gasteiger partial charge in [0.15, 0.2) is 6.61 Å². The summed E-state index contributed by atoms with van der Waals surface area (Å²) in [6.45, 7) is 4.85. The van der Waals surface area contributed by atoms with Crippen LogP contribution in [-0.4, -0.2) is 23.2 Å². The Kier molecular flexibility index (Phi) is 5.68. The van der Waals surface area contributed by atoms with Crippen LogP contribution < -0.4 is 4.74 Å². The van der Waals surface area contributed by atoms with Gasteiger partial charge < -0.3 is 9.30 Å². The zero-order valence-electron chi connectivity index (χ0n) is 14.9. The van der Waals surface area contributed by atoms with Crippen molar-refractivity contribution in [2.75, 3.05) is 6.61 Å². The highest BCUT2D eigenvalue weighted by molar-refractivity contribution is 7.09. The molecule has 0 bridgehead atoms. The maximum Gasteiger partial charge on any atom is 0.202 e. The molecule has 0 spiro atoms. The van der Waals surface area contributed by atoms with Gasteiger partial charge >= 0.3 is 0 Å². The van der Waals surface area contributed by atoms with E-state index in [1.54, 1.807) is 35.6 Å². The Morgan fingerprint density at radius 3 is 2.62 bits per heavy atom. The fourth-order valence-corrected chi connectivity index (χ4v) is 3.67. The largest absolute Gasteiger partial charge is 0.485 e. The quantitative estimate of drug-likeness (QED) is 0.435. The Labute approximate surface area is 157 Å². The van der Waals surface area contributed by atoms with E-state index in [2.05, 4.69) is 22.1 Å². The fourth-order valence-electron chi connectivity index (χ4n) is 2.97. The van der Waals surface area contributed by atoms with Crippen LogP contribution in [0.1, 0.15) is 37.0 Å². The molecular weight excluding hydrogens is 346 g/mol. The number of carbonyl (C=O) groups is 2. The van der Waals surface area contributed by atoms with Crippen molar-refractivity contribution < 1.29 is 14.3 Å². The second-order valence-corrected chi connectivity index (χ2v) is 7.20. The molecule has 3 rings (SSSR count). The van der Waals surface area contributed by atoms with E-state index in [4.69, 9.17) is 4.74 Å². The fraction of sp³-hybridized carbons (Fsp3) is 0.238. The standard InChI is InChI=1S/C21H21NO3S/c1-15-12-20(16(2)22(15)10-9-19-4-3-11-26-19)21(24)14-25-18-7-5-17(13-23)6-8-18/h3-8,11-13H,9-10,14H2,1-2H3. The molecule has 2 heterocycles. The van der Waals surface area contributed by atoms with Crippen molar-refractivity contribution in [3.05, 3.63) is 75.2 Å². The van der Waals surface area contributed by atoms with E-state index in [-0.39, 0.29) is 12.4 Å². The summed E-state index contributed by atoms with van der Waals surface area (Å²) in [5.74, 6) is 0.537. The molecular formula is C21H21NO3S. The minimum atomic E-state index is -0.0417. The zero-order valence-corrected chi connectivity index (χ0v) is 15.7. The number of aldehydes is 1. The normalized spacial score (nSPS) is 10.7. The number of aryl methyl sites for hydroxylation is 2. The molecule has 0 saturated carbocycles. The van der Waals surface area contributed by atoms with Crippen molar-refractivity contribution in [2.45, 2.75) is 26.8 Å². The molecule has 0 atom stereocenters.